The largest absolute Gasteiger partial charge is 0.481 e. The molecule has 1 aliphatic heterocycles. The second-order valence-corrected chi connectivity index (χ2v) is 6.19. The minimum Gasteiger partial charge on any atom is -0.481 e. The number of carbonyl (C=O) groups excluding carboxylic acids is 1. The molecule has 0 saturated carbocycles. The van der Waals surface area contributed by atoms with Gasteiger partial charge >= 0.3 is 6.09 Å². The smallest absolute Gasteiger partial charge is 0.410 e. The molecule has 0 aliphatic carbocycles. The van der Waals surface area contributed by atoms with E-state index >= 15 is 0 Å². The maximum absolute atomic E-state index is 12.2. The Hall–Kier alpha value is -1.78. The summed E-state index contributed by atoms with van der Waals surface area (Å²) < 4.78 is 10.6. The van der Waals surface area contributed by atoms with Gasteiger partial charge in [0.2, 0.25) is 5.88 Å². The van der Waals surface area contributed by atoms with E-state index in [1.54, 1.807) is 18.2 Å². The summed E-state index contributed by atoms with van der Waals surface area (Å²) >= 11 is 0. The molecule has 1 aliphatic rings. The zero-order valence-corrected chi connectivity index (χ0v) is 12.8. The summed E-state index contributed by atoms with van der Waals surface area (Å²) in [5.41, 5.74) is 1.77. The van der Waals surface area contributed by atoms with Crippen LogP contribution in [0.1, 0.15) is 44.7 Å². The summed E-state index contributed by atoms with van der Waals surface area (Å²) in [6, 6.07) is 1.95. The van der Waals surface area contributed by atoms with Gasteiger partial charge in [-0.3, -0.25) is 0 Å². The highest BCUT2D eigenvalue weighted by Crippen LogP contribution is 2.30. The Morgan fingerprint density at radius 2 is 2.15 bits per heavy atom. The minimum atomic E-state index is -0.473. The van der Waals surface area contributed by atoms with Crippen LogP contribution in [0.5, 0.6) is 5.88 Å². The quantitative estimate of drug-likeness (QED) is 0.792. The molecular formula is C15H22N2O3. The van der Waals surface area contributed by atoms with Crippen LogP contribution in [0.25, 0.3) is 0 Å². The Morgan fingerprint density at radius 1 is 1.45 bits per heavy atom. The van der Waals surface area contributed by atoms with Crippen molar-refractivity contribution in [3.8, 4) is 5.88 Å². The van der Waals surface area contributed by atoms with Crippen molar-refractivity contribution in [3.63, 3.8) is 0 Å². The number of hydrogen-bond donors (Lipinski definition) is 0. The molecule has 1 aromatic rings. The molecule has 110 valence electrons. The second kappa shape index (κ2) is 5.31. The third-order valence-corrected chi connectivity index (χ3v) is 3.24. The molecule has 5 nitrogen and oxygen atoms in total. The first-order valence-electron chi connectivity index (χ1n) is 6.81. The normalized spacial score (nSPS) is 18.4. The minimum absolute atomic E-state index is 0.239. The maximum atomic E-state index is 12.2. The van der Waals surface area contributed by atoms with E-state index in [-0.39, 0.29) is 12.0 Å². The fourth-order valence-electron chi connectivity index (χ4n) is 2.35. The Kier molecular flexibility index (Phi) is 3.88. The molecular weight excluding hydrogens is 256 g/mol. The highest BCUT2D eigenvalue weighted by atomic mass is 16.6. The first-order valence-corrected chi connectivity index (χ1v) is 6.81. The maximum Gasteiger partial charge on any atom is 0.410 e. The van der Waals surface area contributed by atoms with Gasteiger partial charge in [-0.25, -0.2) is 9.78 Å². The average Bonchev–Trinajstić information content (AvgIpc) is 2.36. The van der Waals surface area contributed by atoms with E-state index in [2.05, 4.69) is 11.9 Å². The first-order chi connectivity index (χ1) is 9.30. The number of pyridine rings is 1. The summed E-state index contributed by atoms with van der Waals surface area (Å²) in [6.07, 6.45) is 1.51. The summed E-state index contributed by atoms with van der Waals surface area (Å²) in [6.45, 7) is 8.89. The van der Waals surface area contributed by atoms with E-state index in [9.17, 15) is 4.79 Å². The Bertz CT molecular complexity index is 508. The van der Waals surface area contributed by atoms with Crippen molar-refractivity contribution in [2.75, 3.05) is 13.7 Å². The molecule has 1 atom stereocenters. The Balaban J connectivity index is 2.17. The molecule has 0 fully saturated rings. The summed E-state index contributed by atoms with van der Waals surface area (Å²) in [4.78, 5) is 18.1. The lowest BCUT2D eigenvalue weighted by Crippen LogP contribution is -2.41. The molecule has 2 rings (SSSR count). The van der Waals surface area contributed by atoms with E-state index in [4.69, 9.17) is 9.47 Å². The first kappa shape index (κ1) is 14.6. The Morgan fingerprint density at radius 3 is 2.75 bits per heavy atom. The van der Waals surface area contributed by atoms with Crippen LogP contribution in [0.2, 0.25) is 0 Å². The fraction of sp³-hybridized carbons (Fsp3) is 0.600. The third kappa shape index (κ3) is 3.21. The average molecular weight is 278 g/mol. The molecule has 0 spiro atoms. The molecule has 0 saturated heterocycles. The lowest BCUT2D eigenvalue weighted by Gasteiger charge is -2.34. The fourth-order valence-corrected chi connectivity index (χ4v) is 2.35. The molecule has 1 aromatic heterocycles. The number of fused-ring (bicyclic) bond motifs is 1. The van der Waals surface area contributed by atoms with Crippen LogP contribution in [0.4, 0.5) is 4.79 Å². The van der Waals surface area contributed by atoms with E-state index in [1.807, 2.05) is 26.8 Å². The van der Waals surface area contributed by atoms with Crippen molar-refractivity contribution in [1.29, 1.82) is 0 Å². The summed E-state index contributed by atoms with van der Waals surface area (Å²) in [5.74, 6) is 0.851. The van der Waals surface area contributed by atoms with Crippen LogP contribution in [0.15, 0.2) is 12.3 Å². The third-order valence-electron chi connectivity index (χ3n) is 3.24. The standard InChI is InChI=1S/C15H22N2O3/c1-10-8-17(14(18)20-15(2,3)4)9-11-7-16-13(19-5)6-12(10)11/h6-7,10H,8-9H2,1-5H3. The van der Waals surface area contributed by atoms with Crippen molar-refractivity contribution in [3.05, 3.63) is 23.4 Å². The van der Waals surface area contributed by atoms with E-state index in [0.717, 1.165) is 5.56 Å². The van der Waals surface area contributed by atoms with Crippen LogP contribution in [-0.4, -0.2) is 35.2 Å². The molecule has 0 N–H and O–H groups in total. The molecule has 0 aromatic carbocycles. The van der Waals surface area contributed by atoms with Gasteiger partial charge in [-0.2, -0.15) is 0 Å². The van der Waals surface area contributed by atoms with Crippen molar-refractivity contribution < 1.29 is 14.3 Å². The summed E-state index contributed by atoms with van der Waals surface area (Å²) in [7, 11) is 1.61. The van der Waals surface area contributed by atoms with Gasteiger partial charge in [0.05, 0.1) is 13.7 Å². The Labute approximate surface area is 119 Å². The van der Waals surface area contributed by atoms with E-state index < -0.39 is 5.60 Å². The van der Waals surface area contributed by atoms with Gasteiger partial charge in [-0.15, -0.1) is 0 Å². The SMILES string of the molecule is COc1cc2c(cn1)CN(C(=O)OC(C)(C)C)CC2C. The predicted molar refractivity (Wildman–Crippen MR) is 75.8 cm³/mol. The van der Waals surface area contributed by atoms with Gasteiger partial charge in [-0.05, 0) is 37.8 Å². The van der Waals surface area contributed by atoms with E-state index in [0.29, 0.717) is 19.0 Å². The number of amides is 1. The highest BCUT2D eigenvalue weighted by molar-refractivity contribution is 5.69. The molecule has 0 radical (unpaired) electrons. The van der Waals surface area contributed by atoms with Crippen molar-refractivity contribution >= 4 is 6.09 Å². The lowest BCUT2D eigenvalue weighted by molar-refractivity contribution is 0.0208. The number of rotatable bonds is 1. The van der Waals surface area contributed by atoms with Gasteiger partial charge in [0, 0.05) is 18.8 Å². The molecule has 2 heterocycles. The topological polar surface area (TPSA) is 51.7 Å². The van der Waals surface area contributed by atoms with Gasteiger partial charge in [0.1, 0.15) is 5.60 Å². The molecule has 1 unspecified atom stereocenters. The van der Waals surface area contributed by atoms with Gasteiger partial charge in [0.25, 0.3) is 0 Å². The van der Waals surface area contributed by atoms with Gasteiger partial charge in [-0.1, -0.05) is 6.92 Å². The van der Waals surface area contributed by atoms with Crippen molar-refractivity contribution in [2.24, 2.45) is 0 Å². The molecule has 20 heavy (non-hydrogen) atoms. The van der Waals surface area contributed by atoms with Gasteiger partial charge < -0.3 is 14.4 Å². The number of ether oxygens (including phenoxy) is 2. The monoisotopic (exact) mass is 278 g/mol. The molecule has 5 heteroatoms. The zero-order chi connectivity index (χ0) is 14.9. The number of hydrogen-bond acceptors (Lipinski definition) is 4. The van der Waals surface area contributed by atoms with Crippen LogP contribution >= 0.6 is 0 Å². The van der Waals surface area contributed by atoms with Crippen LogP contribution in [0.3, 0.4) is 0 Å². The van der Waals surface area contributed by atoms with Gasteiger partial charge in [0.15, 0.2) is 0 Å². The number of nitrogens with zero attached hydrogens (tertiary/aromatic N) is 2. The number of carbonyl (C=O) groups is 1. The van der Waals surface area contributed by atoms with Crippen LogP contribution < -0.4 is 4.74 Å². The van der Waals surface area contributed by atoms with Crippen LogP contribution in [0, 0.1) is 0 Å². The zero-order valence-electron chi connectivity index (χ0n) is 12.8. The number of aromatic nitrogens is 1. The van der Waals surface area contributed by atoms with E-state index in [1.165, 1.54) is 5.56 Å². The highest BCUT2D eigenvalue weighted by Gasteiger charge is 2.29. The molecule has 0 bridgehead atoms. The second-order valence-electron chi connectivity index (χ2n) is 6.19. The van der Waals surface area contributed by atoms with Crippen molar-refractivity contribution in [1.82, 2.24) is 9.88 Å². The van der Waals surface area contributed by atoms with Crippen LogP contribution in [-0.2, 0) is 11.3 Å². The van der Waals surface area contributed by atoms with Crippen molar-refractivity contribution in [2.45, 2.75) is 45.8 Å². The predicted octanol–water partition coefficient (Wildman–Crippen LogP) is 2.94. The molecule has 1 amide bonds. The number of methoxy groups -OCH3 is 1. The lowest BCUT2D eigenvalue weighted by atomic mass is 9.93. The summed E-state index contributed by atoms with van der Waals surface area (Å²) in [5, 5.41) is 0.